The molecule has 6 heteroatoms. The lowest BCUT2D eigenvalue weighted by Gasteiger charge is -2.31. The first-order chi connectivity index (χ1) is 14.9. The fourth-order valence-corrected chi connectivity index (χ4v) is 5.32. The number of aryl methyl sites for hydroxylation is 2. The number of benzene rings is 1. The van der Waals surface area contributed by atoms with E-state index in [1.54, 1.807) is 10.9 Å². The second kappa shape index (κ2) is 8.85. The van der Waals surface area contributed by atoms with Crippen molar-refractivity contribution in [2.45, 2.75) is 52.5 Å². The normalized spacial score (nSPS) is 22.8. The molecule has 0 spiro atoms. The third-order valence-electron chi connectivity index (χ3n) is 7.24. The maximum atomic E-state index is 13.6. The molecular formula is C25H34N4O2. The topological polar surface area (TPSA) is 58.4 Å². The summed E-state index contributed by atoms with van der Waals surface area (Å²) in [6.45, 7) is 8.40. The Hall–Kier alpha value is -2.63. The summed E-state index contributed by atoms with van der Waals surface area (Å²) in [6, 6.07) is 8.34. The molecule has 2 fully saturated rings. The fraction of sp³-hybridized carbons (Fsp3) is 0.560. The van der Waals surface area contributed by atoms with Gasteiger partial charge in [0.05, 0.1) is 17.8 Å². The zero-order valence-corrected chi connectivity index (χ0v) is 19.2. The number of likely N-dealkylation sites (tertiary alicyclic amines) is 2. The van der Waals surface area contributed by atoms with Gasteiger partial charge >= 0.3 is 0 Å². The predicted octanol–water partition coefficient (Wildman–Crippen LogP) is 3.89. The molecule has 2 aliphatic rings. The largest absolute Gasteiger partial charge is 0.342 e. The zero-order valence-electron chi connectivity index (χ0n) is 19.2. The maximum Gasteiger partial charge on any atom is 0.257 e. The Bertz CT molecular complexity index is 966. The second-order valence-corrected chi connectivity index (χ2v) is 9.21. The van der Waals surface area contributed by atoms with Gasteiger partial charge in [0, 0.05) is 50.6 Å². The number of aromatic nitrogens is 2. The summed E-state index contributed by atoms with van der Waals surface area (Å²) in [6.07, 6.45) is 5.51. The molecule has 0 N–H and O–H groups in total. The number of nitrogens with zero attached hydrogens (tertiary/aromatic N) is 4. The van der Waals surface area contributed by atoms with Gasteiger partial charge in [-0.15, -0.1) is 0 Å². The Morgan fingerprint density at radius 2 is 1.87 bits per heavy atom. The first kappa shape index (κ1) is 21.6. The van der Waals surface area contributed by atoms with Crippen LogP contribution in [0.1, 0.15) is 65.8 Å². The molecule has 0 saturated carbocycles. The van der Waals surface area contributed by atoms with Crippen LogP contribution in [0.5, 0.6) is 0 Å². The van der Waals surface area contributed by atoms with Gasteiger partial charge in [-0.2, -0.15) is 5.10 Å². The molecule has 1 aromatic carbocycles. The number of rotatable bonds is 6. The highest BCUT2D eigenvalue weighted by molar-refractivity contribution is 5.95. The molecule has 166 valence electrons. The van der Waals surface area contributed by atoms with Gasteiger partial charge in [0.15, 0.2) is 0 Å². The minimum Gasteiger partial charge on any atom is -0.342 e. The Balaban J connectivity index is 1.60. The van der Waals surface area contributed by atoms with Crippen LogP contribution < -0.4 is 0 Å². The first-order valence-electron chi connectivity index (χ1n) is 11.5. The van der Waals surface area contributed by atoms with Crippen molar-refractivity contribution in [3.63, 3.8) is 0 Å². The van der Waals surface area contributed by atoms with Crippen LogP contribution in [0.3, 0.4) is 0 Å². The van der Waals surface area contributed by atoms with Crippen LogP contribution in [0, 0.1) is 25.7 Å². The molecule has 0 bridgehead atoms. The third-order valence-corrected chi connectivity index (χ3v) is 7.24. The van der Waals surface area contributed by atoms with E-state index in [1.165, 1.54) is 11.1 Å². The average molecular weight is 423 g/mol. The highest BCUT2D eigenvalue weighted by Crippen LogP contribution is 2.46. The minimum absolute atomic E-state index is 0.00764. The molecule has 2 aliphatic heterocycles. The van der Waals surface area contributed by atoms with Crippen LogP contribution in [0.2, 0.25) is 0 Å². The minimum atomic E-state index is -0.00764. The Morgan fingerprint density at radius 1 is 1.10 bits per heavy atom. The van der Waals surface area contributed by atoms with E-state index >= 15 is 0 Å². The van der Waals surface area contributed by atoms with E-state index in [0.717, 1.165) is 38.0 Å². The fourth-order valence-electron chi connectivity index (χ4n) is 5.32. The standard InChI is InChI=1S/C25H34N4O2/c1-5-6-7-12-23(30)28-14-19-15-29(25(31)21-13-26-27(4)18(21)3)24(22(19)16-28)20-11-9-8-10-17(20)2/h8-11,13,19,22,24H,5-7,12,14-16H2,1-4H3/t19-,22-,24+/m0/s1. The number of unbranched alkanes of at least 4 members (excludes halogenated alkanes) is 2. The van der Waals surface area contributed by atoms with Crippen molar-refractivity contribution < 1.29 is 9.59 Å². The molecule has 31 heavy (non-hydrogen) atoms. The lowest BCUT2D eigenvalue weighted by atomic mass is 9.87. The van der Waals surface area contributed by atoms with Crippen molar-refractivity contribution in [3.8, 4) is 0 Å². The molecule has 3 heterocycles. The summed E-state index contributed by atoms with van der Waals surface area (Å²) in [5.74, 6) is 0.916. The molecule has 0 unspecified atom stereocenters. The van der Waals surface area contributed by atoms with Crippen molar-refractivity contribution in [2.24, 2.45) is 18.9 Å². The van der Waals surface area contributed by atoms with Gasteiger partial charge in [-0.1, -0.05) is 44.0 Å². The Labute approximate surface area is 185 Å². The lowest BCUT2D eigenvalue weighted by Crippen LogP contribution is -2.37. The molecule has 2 aromatic rings. The highest BCUT2D eigenvalue weighted by Gasteiger charge is 2.50. The van der Waals surface area contributed by atoms with Gasteiger partial charge in [0.2, 0.25) is 5.91 Å². The molecular weight excluding hydrogens is 388 g/mol. The van der Waals surface area contributed by atoms with E-state index in [2.05, 4.69) is 37.1 Å². The van der Waals surface area contributed by atoms with E-state index in [1.807, 2.05) is 29.8 Å². The van der Waals surface area contributed by atoms with Crippen LogP contribution in [0.4, 0.5) is 0 Å². The average Bonchev–Trinajstić information content (AvgIpc) is 3.41. The van der Waals surface area contributed by atoms with Gasteiger partial charge in [0.1, 0.15) is 0 Å². The van der Waals surface area contributed by atoms with Crippen molar-refractivity contribution >= 4 is 11.8 Å². The van der Waals surface area contributed by atoms with Gasteiger partial charge in [-0.05, 0) is 31.4 Å². The SMILES string of the molecule is CCCCCC(=O)N1C[C@H]2CN(C(=O)c3cnn(C)c3C)[C@H](c3ccccc3C)[C@H]2C1. The number of carbonyl (C=O) groups is 2. The molecule has 1 aromatic heterocycles. The van der Waals surface area contributed by atoms with Crippen molar-refractivity contribution in [3.05, 3.63) is 52.8 Å². The van der Waals surface area contributed by atoms with Crippen molar-refractivity contribution in [1.82, 2.24) is 19.6 Å². The summed E-state index contributed by atoms with van der Waals surface area (Å²) in [5.41, 5.74) is 3.96. The second-order valence-electron chi connectivity index (χ2n) is 9.21. The highest BCUT2D eigenvalue weighted by atomic mass is 16.2. The van der Waals surface area contributed by atoms with Gasteiger partial charge in [0.25, 0.3) is 5.91 Å². The summed E-state index contributed by atoms with van der Waals surface area (Å²) in [4.78, 5) is 30.5. The maximum absolute atomic E-state index is 13.6. The summed E-state index contributed by atoms with van der Waals surface area (Å²) in [5, 5.41) is 4.28. The molecule has 2 saturated heterocycles. The molecule has 0 aliphatic carbocycles. The predicted molar refractivity (Wildman–Crippen MR) is 121 cm³/mol. The third kappa shape index (κ3) is 4.00. The van der Waals surface area contributed by atoms with E-state index < -0.39 is 0 Å². The van der Waals surface area contributed by atoms with Crippen molar-refractivity contribution in [2.75, 3.05) is 19.6 Å². The molecule has 3 atom stereocenters. The Morgan fingerprint density at radius 3 is 2.55 bits per heavy atom. The van der Waals surface area contributed by atoms with Gasteiger partial charge < -0.3 is 9.80 Å². The van der Waals surface area contributed by atoms with Crippen LogP contribution in [-0.2, 0) is 11.8 Å². The number of hydrogen-bond donors (Lipinski definition) is 0. The van der Waals surface area contributed by atoms with E-state index in [0.29, 0.717) is 24.4 Å². The molecule has 4 rings (SSSR count). The molecule has 2 amide bonds. The van der Waals surface area contributed by atoms with Gasteiger partial charge in [-0.25, -0.2) is 0 Å². The molecule has 6 nitrogen and oxygen atoms in total. The number of carbonyl (C=O) groups excluding carboxylic acids is 2. The number of amides is 2. The first-order valence-corrected chi connectivity index (χ1v) is 11.5. The number of fused-ring (bicyclic) bond motifs is 1. The van der Waals surface area contributed by atoms with Crippen LogP contribution >= 0.6 is 0 Å². The van der Waals surface area contributed by atoms with Crippen LogP contribution in [0.25, 0.3) is 0 Å². The summed E-state index contributed by atoms with van der Waals surface area (Å²) < 4.78 is 1.75. The van der Waals surface area contributed by atoms with Crippen molar-refractivity contribution in [1.29, 1.82) is 0 Å². The number of hydrogen-bond acceptors (Lipinski definition) is 3. The van der Waals surface area contributed by atoms with E-state index in [-0.39, 0.29) is 23.8 Å². The van der Waals surface area contributed by atoms with Crippen LogP contribution in [0.15, 0.2) is 30.5 Å². The smallest absolute Gasteiger partial charge is 0.257 e. The summed E-state index contributed by atoms with van der Waals surface area (Å²) in [7, 11) is 1.87. The monoisotopic (exact) mass is 422 g/mol. The molecule has 0 radical (unpaired) electrons. The Kier molecular flexibility index (Phi) is 6.17. The zero-order chi connectivity index (χ0) is 22.1. The van der Waals surface area contributed by atoms with E-state index in [9.17, 15) is 9.59 Å². The quantitative estimate of drug-likeness (QED) is 0.664. The van der Waals surface area contributed by atoms with Crippen LogP contribution in [-0.4, -0.2) is 51.0 Å². The van der Waals surface area contributed by atoms with Gasteiger partial charge in [-0.3, -0.25) is 14.3 Å². The summed E-state index contributed by atoms with van der Waals surface area (Å²) >= 11 is 0. The lowest BCUT2D eigenvalue weighted by molar-refractivity contribution is -0.130. The van der Waals surface area contributed by atoms with E-state index in [4.69, 9.17) is 0 Å².